The Bertz CT molecular complexity index is 1210. The molecule has 1 fully saturated rings. The summed E-state index contributed by atoms with van der Waals surface area (Å²) >= 11 is 0. The molecule has 2 aliphatic heterocycles. The van der Waals surface area contributed by atoms with Crippen molar-refractivity contribution in [3.8, 4) is 0 Å². The summed E-state index contributed by atoms with van der Waals surface area (Å²) in [5.74, 6) is -4.66. The van der Waals surface area contributed by atoms with Crippen LogP contribution in [0.15, 0.2) is 60.6 Å². The number of carbonyl (C=O) groups excluding carboxylic acids is 3. The normalized spacial score (nSPS) is 27.4. The van der Waals surface area contributed by atoms with Crippen LogP contribution in [-0.2, 0) is 28.5 Å². The molecule has 39 heavy (non-hydrogen) atoms. The van der Waals surface area contributed by atoms with Gasteiger partial charge in [-0.05, 0) is 24.3 Å². The van der Waals surface area contributed by atoms with Crippen LogP contribution in [0.2, 0.25) is 0 Å². The maximum Gasteiger partial charge on any atom is 0.378 e. The lowest BCUT2D eigenvalue weighted by molar-refractivity contribution is -0.291. The fourth-order valence-electron chi connectivity index (χ4n) is 3.64. The summed E-state index contributed by atoms with van der Waals surface area (Å²) in [4.78, 5) is 44.1. The van der Waals surface area contributed by atoms with Crippen molar-refractivity contribution in [3.05, 3.63) is 71.7 Å². The van der Waals surface area contributed by atoms with Gasteiger partial charge in [0, 0.05) is 24.8 Å². The van der Waals surface area contributed by atoms with Gasteiger partial charge in [0.25, 0.3) is 0 Å². The van der Waals surface area contributed by atoms with Crippen molar-refractivity contribution in [2.24, 2.45) is 0 Å². The summed E-state index contributed by atoms with van der Waals surface area (Å²) < 4.78 is 25.5. The van der Waals surface area contributed by atoms with Gasteiger partial charge in [-0.2, -0.15) is 0 Å². The highest BCUT2D eigenvalue weighted by molar-refractivity contribution is 5.90. The van der Waals surface area contributed by atoms with Gasteiger partial charge in [0.2, 0.25) is 12.0 Å². The first-order valence-electron chi connectivity index (χ1n) is 11.5. The standard InChI is InChI=1S/C24H24N2O13/c27-13(9-35-21(32)11-3-1-5-25-7-11)19-18(31)20(23(34)38-19)39-24-17(30)16(29)15(28)14(37-24)10-36-22(33)12-4-2-6-26-8-12/h1-8,13-17,19,24,27-31H,9-10H2/t13-,14+,15+,16-,17+,19+,24+/m0/s1. The fraction of sp³-hybridized carbons (Fsp3) is 0.375. The van der Waals surface area contributed by atoms with Gasteiger partial charge in [-0.25, -0.2) is 14.4 Å². The van der Waals surface area contributed by atoms with E-state index in [1.165, 1.54) is 49.1 Å². The summed E-state index contributed by atoms with van der Waals surface area (Å²) in [6, 6.07) is 5.86. The van der Waals surface area contributed by atoms with Gasteiger partial charge in [0.05, 0.1) is 11.1 Å². The average Bonchev–Trinajstić information content (AvgIpc) is 3.24. The van der Waals surface area contributed by atoms with Crippen molar-refractivity contribution in [2.75, 3.05) is 13.2 Å². The van der Waals surface area contributed by atoms with E-state index >= 15 is 0 Å². The van der Waals surface area contributed by atoms with Crippen molar-refractivity contribution in [2.45, 2.75) is 42.9 Å². The Balaban J connectivity index is 1.38. The van der Waals surface area contributed by atoms with Crippen molar-refractivity contribution in [1.29, 1.82) is 0 Å². The van der Waals surface area contributed by atoms with E-state index < -0.39 is 85.6 Å². The van der Waals surface area contributed by atoms with E-state index in [0.717, 1.165) is 0 Å². The zero-order valence-electron chi connectivity index (χ0n) is 20.0. The highest BCUT2D eigenvalue weighted by Gasteiger charge is 2.49. The number of hydrogen-bond donors (Lipinski definition) is 5. The quantitative estimate of drug-likeness (QED) is 0.175. The van der Waals surface area contributed by atoms with Gasteiger partial charge in [-0.3, -0.25) is 9.97 Å². The molecule has 0 unspecified atom stereocenters. The van der Waals surface area contributed by atoms with Crippen LogP contribution >= 0.6 is 0 Å². The van der Waals surface area contributed by atoms with E-state index in [9.17, 15) is 39.9 Å². The van der Waals surface area contributed by atoms with E-state index in [0.29, 0.717) is 0 Å². The second kappa shape index (κ2) is 12.1. The van der Waals surface area contributed by atoms with Gasteiger partial charge < -0.3 is 49.2 Å². The molecule has 1 saturated heterocycles. The van der Waals surface area contributed by atoms with Crippen LogP contribution in [0, 0.1) is 0 Å². The minimum Gasteiger partial charge on any atom is -0.505 e. The van der Waals surface area contributed by atoms with Gasteiger partial charge in [-0.1, -0.05) is 0 Å². The molecular weight excluding hydrogens is 524 g/mol. The molecule has 0 amide bonds. The molecule has 5 N–H and O–H groups in total. The number of esters is 3. The second-order valence-corrected chi connectivity index (χ2v) is 8.42. The molecule has 0 spiro atoms. The molecule has 0 bridgehead atoms. The van der Waals surface area contributed by atoms with Crippen LogP contribution in [0.3, 0.4) is 0 Å². The smallest absolute Gasteiger partial charge is 0.378 e. The summed E-state index contributed by atoms with van der Waals surface area (Å²) in [5, 5.41) is 51.5. The number of hydrogen-bond acceptors (Lipinski definition) is 15. The molecule has 0 aromatic carbocycles. The Hall–Kier alpha value is -4.15. The van der Waals surface area contributed by atoms with Crippen LogP contribution in [0.1, 0.15) is 20.7 Å². The Morgan fingerprint density at radius 3 is 2.15 bits per heavy atom. The van der Waals surface area contributed by atoms with E-state index in [4.69, 9.17) is 23.7 Å². The first kappa shape index (κ1) is 27.9. The Morgan fingerprint density at radius 2 is 1.56 bits per heavy atom. The highest BCUT2D eigenvalue weighted by Crippen LogP contribution is 2.30. The summed E-state index contributed by atoms with van der Waals surface area (Å²) in [5.41, 5.74) is 0.206. The molecule has 0 saturated carbocycles. The monoisotopic (exact) mass is 548 g/mol. The van der Waals surface area contributed by atoms with Gasteiger partial charge in [-0.15, -0.1) is 0 Å². The number of ether oxygens (including phenoxy) is 5. The molecule has 2 aromatic rings. The first-order chi connectivity index (χ1) is 18.7. The molecule has 7 atom stereocenters. The number of aliphatic hydroxyl groups is 5. The highest BCUT2D eigenvalue weighted by atomic mass is 16.7. The van der Waals surface area contributed by atoms with Gasteiger partial charge in [0.15, 0.2) is 11.9 Å². The fourth-order valence-corrected chi connectivity index (χ4v) is 3.64. The minimum atomic E-state index is -1.91. The number of carbonyl (C=O) groups is 3. The lowest BCUT2D eigenvalue weighted by Crippen LogP contribution is -2.59. The largest absolute Gasteiger partial charge is 0.505 e. The Morgan fingerprint density at radius 1 is 0.949 bits per heavy atom. The summed E-state index contributed by atoms with van der Waals surface area (Å²) in [6.45, 7) is -1.27. The van der Waals surface area contributed by atoms with Crippen molar-refractivity contribution in [1.82, 2.24) is 9.97 Å². The molecule has 0 aliphatic carbocycles. The number of nitrogens with zero attached hydrogens (tertiary/aromatic N) is 2. The lowest BCUT2D eigenvalue weighted by atomic mass is 9.99. The topological polar surface area (TPSA) is 224 Å². The first-order valence-corrected chi connectivity index (χ1v) is 11.5. The summed E-state index contributed by atoms with van der Waals surface area (Å²) in [6.07, 6.45) is -6.78. The predicted octanol–water partition coefficient (Wildman–Crippen LogP) is -1.63. The van der Waals surface area contributed by atoms with Crippen LogP contribution in [-0.4, -0.2) is 110 Å². The molecule has 208 valence electrons. The third-order valence-corrected chi connectivity index (χ3v) is 5.73. The molecule has 15 nitrogen and oxygen atoms in total. The SMILES string of the molecule is O=C1O[C@H]([C@@H](O)COC(=O)c2cccnc2)C(O)=C1O[C@H]1O[C@H](COC(=O)c2cccnc2)[C@@H](O)[C@H](O)[C@H]1O. The number of aromatic nitrogens is 2. The van der Waals surface area contributed by atoms with Crippen molar-refractivity contribution in [3.63, 3.8) is 0 Å². The predicted molar refractivity (Wildman–Crippen MR) is 122 cm³/mol. The maximum absolute atomic E-state index is 12.3. The van der Waals surface area contributed by atoms with Crippen LogP contribution in [0.5, 0.6) is 0 Å². The van der Waals surface area contributed by atoms with E-state index in [1.807, 2.05) is 0 Å². The molecule has 2 aromatic heterocycles. The van der Waals surface area contributed by atoms with Crippen LogP contribution in [0.25, 0.3) is 0 Å². The maximum atomic E-state index is 12.3. The van der Waals surface area contributed by atoms with E-state index in [-0.39, 0.29) is 11.1 Å². The van der Waals surface area contributed by atoms with Crippen molar-refractivity contribution >= 4 is 17.9 Å². The molecular formula is C24H24N2O13. The molecule has 4 rings (SSSR count). The zero-order chi connectivity index (χ0) is 28.1. The lowest BCUT2D eigenvalue weighted by Gasteiger charge is -2.39. The van der Waals surface area contributed by atoms with Crippen molar-refractivity contribution < 1.29 is 63.6 Å². The van der Waals surface area contributed by atoms with Gasteiger partial charge >= 0.3 is 17.9 Å². The average molecular weight is 548 g/mol. The Labute approximate surface area is 219 Å². The van der Waals surface area contributed by atoms with Gasteiger partial charge in [0.1, 0.15) is 43.7 Å². The molecule has 15 heteroatoms. The molecule has 0 radical (unpaired) electrons. The number of pyridine rings is 2. The number of cyclic esters (lactones) is 1. The third-order valence-electron chi connectivity index (χ3n) is 5.73. The van der Waals surface area contributed by atoms with Crippen LogP contribution < -0.4 is 0 Å². The van der Waals surface area contributed by atoms with Crippen LogP contribution in [0.4, 0.5) is 0 Å². The Kier molecular flexibility index (Phi) is 8.68. The van der Waals surface area contributed by atoms with E-state index in [2.05, 4.69) is 9.97 Å². The number of aliphatic hydroxyl groups excluding tert-OH is 5. The summed E-state index contributed by atoms with van der Waals surface area (Å²) in [7, 11) is 0. The zero-order valence-corrected chi connectivity index (χ0v) is 20.0. The van der Waals surface area contributed by atoms with E-state index in [1.54, 1.807) is 0 Å². The second-order valence-electron chi connectivity index (χ2n) is 8.42. The minimum absolute atomic E-state index is 0.0988. The molecule has 4 heterocycles. The number of rotatable bonds is 9. The third kappa shape index (κ3) is 6.30. The molecule has 2 aliphatic rings.